The largest absolute Gasteiger partial charge is 0.436 e. The second-order valence-corrected chi connectivity index (χ2v) is 5.99. The van der Waals surface area contributed by atoms with E-state index in [9.17, 15) is 13.6 Å². The molecule has 3 aromatic rings. The average Bonchev–Trinajstić information content (AvgIpc) is 2.69. The molecule has 4 nitrogen and oxygen atoms in total. The van der Waals surface area contributed by atoms with E-state index in [4.69, 9.17) is 4.74 Å². The van der Waals surface area contributed by atoms with Crippen LogP contribution in [-0.4, -0.2) is 10.9 Å². The van der Waals surface area contributed by atoms with Crippen molar-refractivity contribution in [3.05, 3.63) is 89.6 Å². The molecule has 6 heteroatoms. The van der Waals surface area contributed by atoms with Gasteiger partial charge in [-0.1, -0.05) is 36.4 Å². The van der Waals surface area contributed by atoms with E-state index in [1.807, 2.05) is 37.3 Å². The molecular formula is C21H18F2N2O2. The molecule has 0 unspecified atom stereocenters. The Hall–Kier alpha value is -3.28. The number of rotatable bonds is 6. The predicted molar refractivity (Wildman–Crippen MR) is 97.4 cm³/mol. The summed E-state index contributed by atoms with van der Waals surface area (Å²) in [5.74, 6) is -1.97. The van der Waals surface area contributed by atoms with E-state index in [1.165, 1.54) is 12.3 Å². The molecule has 1 heterocycles. The fourth-order valence-corrected chi connectivity index (χ4v) is 2.54. The molecule has 1 atom stereocenters. The van der Waals surface area contributed by atoms with Crippen LogP contribution in [0.1, 0.15) is 24.0 Å². The number of benzene rings is 2. The van der Waals surface area contributed by atoms with Gasteiger partial charge in [0.2, 0.25) is 11.8 Å². The third-order valence-electron chi connectivity index (χ3n) is 4.10. The van der Waals surface area contributed by atoms with Gasteiger partial charge in [-0.05, 0) is 30.7 Å². The molecule has 0 aliphatic heterocycles. The summed E-state index contributed by atoms with van der Waals surface area (Å²) in [5, 5.41) is 2.83. The smallest absolute Gasteiger partial charge is 0.227 e. The molecule has 0 aliphatic carbocycles. The molecular weight excluding hydrogens is 350 g/mol. The maximum absolute atomic E-state index is 13.8. The molecule has 1 aromatic heterocycles. The van der Waals surface area contributed by atoms with Gasteiger partial charge in [-0.2, -0.15) is 0 Å². The summed E-state index contributed by atoms with van der Waals surface area (Å²) in [6.45, 7) is 1.99. The van der Waals surface area contributed by atoms with E-state index in [0.29, 0.717) is 5.56 Å². The van der Waals surface area contributed by atoms with Crippen molar-refractivity contribution in [3.8, 4) is 11.6 Å². The number of nitrogens with one attached hydrogen (secondary N) is 1. The zero-order chi connectivity index (χ0) is 19.2. The first-order chi connectivity index (χ1) is 13.0. The highest BCUT2D eigenvalue weighted by molar-refractivity contribution is 5.83. The lowest BCUT2D eigenvalue weighted by atomic mass is 10.0. The molecule has 1 amide bonds. The second kappa shape index (κ2) is 8.40. The van der Waals surface area contributed by atoms with Crippen molar-refractivity contribution in [2.75, 3.05) is 0 Å². The molecule has 138 valence electrons. The molecule has 1 N–H and O–H groups in total. The number of hydrogen-bond donors (Lipinski definition) is 1. The van der Waals surface area contributed by atoms with Crippen molar-refractivity contribution < 1.29 is 18.3 Å². The van der Waals surface area contributed by atoms with Gasteiger partial charge in [-0.25, -0.2) is 13.8 Å². The topological polar surface area (TPSA) is 51.2 Å². The number of ether oxygens (including phenoxy) is 1. The van der Waals surface area contributed by atoms with Crippen molar-refractivity contribution >= 4 is 5.91 Å². The first-order valence-corrected chi connectivity index (χ1v) is 8.44. The minimum Gasteiger partial charge on any atom is -0.436 e. The van der Waals surface area contributed by atoms with Crippen LogP contribution in [-0.2, 0) is 11.3 Å². The predicted octanol–water partition coefficient (Wildman–Crippen LogP) is 4.57. The Morgan fingerprint density at radius 2 is 1.89 bits per heavy atom. The maximum atomic E-state index is 13.8. The number of carbonyl (C=O) groups is 1. The molecule has 0 saturated heterocycles. The van der Waals surface area contributed by atoms with Gasteiger partial charge in [0.05, 0.1) is 5.92 Å². The van der Waals surface area contributed by atoms with Crippen molar-refractivity contribution in [1.29, 1.82) is 0 Å². The van der Waals surface area contributed by atoms with Crippen LogP contribution in [0.4, 0.5) is 8.78 Å². The van der Waals surface area contributed by atoms with Crippen LogP contribution in [0, 0.1) is 11.6 Å². The Kier molecular flexibility index (Phi) is 5.76. The van der Waals surface area contributed by atoms with Crippen LogP contribution in [0.3, 0.4) is 0 Å². The van der Waals surface area contributed by atoms with Gasteiger partial charge in [0.1, 0.15) is 5.82 Å². The van der Waals surface area contributed by atoms with E-state index in [1.54, 1.807) is 12.1 Å². The molecule has 0 aliphatic rings. The number of hydrogen-bond acceptors (Lipinski definition) is 3. The number of amides is 1. The number of halogens is 2. The lowest BCUT2D eigenvalue weighted by Gasteiger charge is -2.14. The zero-order valence-electron chi connectivity index (χ0n) is 14.7. The van der Waals surface area contributed by atoms with E-state index in [-0.39, 0.29) is 30.0 Å². The summed E-state index contributed by atoms with van der Waals surface area (Å²) in [5.41, 5.74) is 1.49. The first kappa shape index (κ1) is 18.5. The lowest BCUT2D eigenvalue weighted by molar-refractivity contribution is -0.122. The summed E-state index contributed by atoms with van der Waals surface area (Å²) in [4.78, 5) is 16.5. The maximum Gasteiger partial charge on any atom is 0.227 e. The summed E-state index contributed by atoms with van der Waals surface area (Å²) in [6.07, 6.45) is 1.49. The van der Waals surface area contributed by atoms with Gasteiger partial charge in [-0.3, -0.25) is 4.79 Å². The van der Waals surface area contributed by atoms with Gasteiger partial charge >= 0.3 is 0 Å². The van der Waals surface area contributed by atoms with Crippen molar-refractivity contribution in [2.24, 2.45) is 0 Å². The number of nitrogens with zero attached hydrogens (tertiary/aromatic N) is 1. The van der Waals surface area contributed by atoms with Crippen LogP contribution < -0.4 is 10.1 Å². The van der Waals surface area contributed by atoms with Gasteiger partial charge in [0.25, 0.3) is 0 Å². The van der Waals surface area contributed by atoms with E-state index in [2.05, 4.69) is 10.3 Å². The van der Waals surface area contributed by atoms with Gasteiger partial charge in [0, 0.05) is 24.4 Å². The molecule has 0 radical (unpaired) electrons. The minimum absolute atomic E-state index is 0.139. The fourth-order valence-electron chi connectivity index (χ4n) is 2.54. The Balaban J connectivity index is 1.70. The molecule has 27 heavy (non-hydrogen) atoms. The fraction of sp³-hybridized carbons (Fsp3) is 0.143. The Morgan fingerprint density at radius 3 is 2.63 bits per heavy atom. The highest BCUT2D eigenvalue weighted by atomic mass is 19.1. The summed E-state index contributed by atoms with van der Waals surface area (Å²) >= 11 is 0. The Labute approximate surface area is 155 Å². The lowest BCUT2D eigenvalue weighted by Crippen LogP contribution is -2.27. The van der Waals surface area contributed by atoms with Gasteiger partial charge in [0.15, 0.2) is 11.6 Å². The summed E-state index contributed by atoms with van der Waals surface area (Å²) in [7, 11) is 0. The molecule has 2 aromatic carbocycles. The quantitative estimate of drug-likeness (QED) is 0.693. The van der Waals surface area contributed by atoms with Crippen LogP contribution in [0.25, 0.3) is 0 Å². The molecule has 0 bridgehead atoms. The van der Waals surface area contributed by atoms with Gasteiger partial charge < -0.3 is 10.1 Å². The van der Waals surface area contributed by atoms with Crippen LogP contribution in [0.2, 0.25) is 0 Å². The number of aromatic nitrogens is 1. The highest BCUT2D eigenvalue weighted by Gasteiger charge is 2.16. The van der Waals surface area contributed by atoms with Crippen molar-refractivity contribution in [1.82, 2.24) is 10.3 Å². The van der Waals surface area contributed by atoms with Crippen LogP contribution in [0.5, 0.6) is 11.6 Å². The zero-order valence-corrected chi connectivity index (χ0v) is 14.7. The third-order valence-corrected chi connectivity index (χ3v) is 4.10. The number of carbonyl (C=O) groups excluding carboxylic acids is 1. The Morgan fingerprint density at radius 1 is 1.11 bits per heavy atom. The molecule has 0 fully saturated rings. The number of pyridine rings is 1. The van der Waals surface area contributed by atoms with Crippen LogP contribution in [0.15, 0.2) is 66.9 Å². The standard InChI is InChI=1S/C21H18F2N2O2/c1-14(15-6-3-2-4-7-15)20(26)25-13-16-8-5-11-24-21(16)27-19-10-9-17(22)12-18(19)23/h2-12,14H,13H2,1H3,(H,25,26)/t14-/m1/s1. The molecule has 3 rings (SSSR count). The van der Waals surface area contributed by atoms with E-state index in [0.717, 1.165) is 17.7 Å². The SMILES string of the molecule is C[C@@H](C(=O)NCc1cccnc1Oc1ccc(F)cc1F)c1ccccc1. The molecule has 0 saturated carbocycles. The summed E-state index contributed by atoms with van der Waals surface area (Å²) < 4.78 is 32.3. The van der Waals surface area contributed by atoms with E-state index >= 15 is 0 Å². The highest BCUT2D eigenvalue weighted by Crippen LogP contribution is 2.26. The Bertz CT molecular complexity index is 932. The molecule has 0 spiro atoms. The summed E-state index contributed by atoms with van der Waals surface area (Å²) in [6, 6.07) is 15.9. The first-order valence-electron chi connectivity index (χ1n) is 8.44. The van der Waals surface area contributed by atoms with Gasteiger partial charge in [-0.15, -0.1) is 0 Å². The average molecular weight is 368 g/mol. The van der Waals surface area contributed by atoms with Crippen molar-refractivity contribution in [3.63, 3.8) is 0 Å². The monoisotopic (exact) mass is 368 g/mol. The van der Waals surface area contributed by atoms with E-state index < -0.39 is 11.6 Å². The van der Waals surface area contributed by atoms with Crippen molar-refractivity contribution in [2.45, 2.75) is 19.4 Å². The second-order valence-electron chi connectivity index (χ2n) is 5.99. The third kappa shape index (κ3) is 4.67. The van der Waals surface area contributed by atoms with Crippen LogP contribution >= 0.6 is 0 Å². The normalized spacial score (nSPS) is 11.7. The minimum atomic E-state index is -0.826.